The molecule has 18 heavy (non-hydrogen) atoms. The molecule has 0 amide bonds. The van der Waals surface area contributed by atoms with Crippen LogP contribution in [0.15, 0.2) is 22.7 Å². The molecule has 0 aliphatic carbocycles. The first-order valence-electron chi connectivity index (χ1n) is 5.45. The van der Waals surface area contributed by atoms with E-state index >= 15 is 0 Å². The van der Waals surface area contributed by atoms with Crippen molar-refractivity contribution in [1.29, 1.82) is 0 Å². The van der Waals surface area contributed by atoms with E-state index < -0.39 is 0 Å². The molecule has 0 bridgehead atoms. The molecule has 0 unspecified atom stereocenters. The highest BCUT2D eigenvalue weighted by molar-refractivity contribution is 9.10. The van der Waals surface area contributed by atoms with Crippen molar-refractivity contribution in [2.45, 2.75) is 13.3 Å². The molecule has 2 N–H and O–H groups in total. The lowest BCUT2D eigenvalue weighted by molar-refractivity contribution is 0.838. The molecule has 0 saturated carbocycles. The Hall–Kier alpha value is -1.47. The Balaban J connectivity index is 2.19. The molecule has 3 aromatic rings. The number of hydrogen-bond donors (Lipinski definition) is 1. The minimum absolute atomic E-state index is 0.709. The van der Waals surface area contributed by atoms with Crippen molar-refractivity contribution < 1.29 is 0 Å². The van der Waals surface area contributed by atoms with E-state index in [1.807, 2.05) is 25.1 Å². The molecule has 0 atom stereocenters. The molecular weight excluding hydrogens is 314 g/mol. The third-order valence-corrected chi connectivity index (χ3v) is 4.04. The van der Waals surface area contributed by atoms with Crippen molar-refractivity contribution in [1.82, 2.24) is 19.8 Å². The van der Waals surface area contributed by atoms with E-state index in [1.165, 1.54) is 11.3 Å². The molecule has 0 aliphatic rings. The number of anilines is 1. The van der Waals surface area contributed by atoms with Crippen LogP contribution in [0.4, 0.5) is 5.69 Å². The van der Waals surface area contributed by atoms with Gasteiger partial charge < -0.3 is 5.73 Å². The number of benzene rings is 1. The monoisotopic (exact) mass is 323 g/mol. The first kappa shape index (κ1) is 11.6. The molecule has 0 aliphatic heterocycles. The Morgan fingerprint density at radius 3 is 3.00 bits per heavy atom. The lowest BCUT2D eigenvalue weighted by Gasteiger charge is -2.01. The largest absolute Gasteiger partial charge is 0.398 e. The van der Waals surface area contributed by atoms with Gasteiger partial charge in [0.05, 0.1) is 0 Å². The number of hydrogen-bond acceptors (Lipinski definition) is 5. The number of aromatic nitrogens is 4. The van der Waals surface area contributed by atoms with Gasteiger partial charge in [0, 0.05) is 22.1 Å². The van der Waals surface area contributed by atoms with E-state index in [2.05, 4.69) is 31.2 Å². The Kier molecular flexibility index (Phi) is 2.79. The fraction of sp³-hybridized carbons (Fsp3) is 0.182. The first-order valence-corrected chi connectivity index (χ1v) is 7.06. The average molecular weight is 324 g/mol. The van der Waals surface area contributed by atoms with Crippen LogP contribution in [-0.4, -0.2) is 19.8 Å². The van der Waals surface area contributed by atoms with Crippen LogP contribution in [0, 0.1) is 0 Å². The van der Waals surface area contributed by atoms with Crippen molar-refractivity contribution >= 4 is 37.9 Å². The fourth-order valence-corrected chi connectivity index (χ4v) is 2.96. The fourth-order valence-electron chi connectivity index (χ4n) is 1.70. The topological polar surface area (TPSA) is 69.1 Å². The van der Waals surface area contributed by atoms with Gasteiger partial charge in [0.2, 0.25) is 4.96 Å². The standard InChI is InChI=1S/C11H10BrN5S/c1-2-9-14-15-11-17(9)16-10(18-11)7-5-6(12)3-4-8(7)13/h3-5H,2,13H2,1H3. The highest BCUT2D eigenvalue weighted by atomic mass is 79.9. The Bertz CT molecular complexity index is 717. The minimum Gasteiger partial charge on any atom is -0.398 e. The van der Waals surface area contributed by atoms with Gasteiger partial charge in [0.1, 0.15) is 5.01 Å². The SMILES string of the molecule is CCc1nnc2sc(-c3cc(Br)ccc3N)nn12. The summed E-state index contributed by atoms with van der Waals surface area (Å²) in [7, 11) is 0. The zero-order chi connectivity index (χ0) is 12.7. The number of nitrogens with zero attached hydrogens (tertiary/aromatic N) is 4. The van der Waals surface area contributed by atoms with Crippen LogP contribution in [-0.2, 0) is 6.42 Å². The summed E-state index contributed by atoms with van der Waals surface area (Å²) in [6, 6.07) is 5.74. The summed E-state index contributed by atoms with van der Waals surface area (Å²) < 4.78 is 2.76. The zero-order valence-corrected chi connectivity index (χ0v) is 12.0. The van der Waals surface area contributed by atoms with Gasteiger partial charge in [-0.15, -0.1) is 10.2 Å². The molecule has 5 nitrogen and oxygen atoms in total. The van der Waals surface area contributed by atoms with Crippen LogP contribution < -0.4 is 5.73 Å². The second-order valence-corrected chi connectivity index (χ2v) is 5.67. The van der Waals surface area contributed by atoms with E-state index in [4.69, 9.17) is 5.73 Å². The summed E-state index contributed by atoms with van der Waals surface area (Å²) in [6.07, 6.45) is 0.804. The van der Waals surface area contributed by atoms with Gasteiger partial charge in [-0.25, -0.2) is 0 Å². The van der Waals surface area contributed by atoms with E-state index in [-0.39, 0.29) is 0 Å². The van der Waals surface area contributed by atoms with Crippen LogP contribution in [0.1, 0.15) is 12.7 Å². The third kappa shape index (κ3) is 1.79. The van der Waals surface area contributed by atoms with E-state index in [0.29, 0.717) is 5.69 Å². The second-order valence-electron chi connectivity index (χ2n) is 3.80. The molecule has 1 aromatic carbocycles. The van der Waals surface area contributed by atoms with Crippen LogP contribution in [0.5, 0.6) is 0 Å². The highest BCUT2D eigenvalue weighted by Gasteiger charge is 2.13. The molecule has 3 rings (SSSR count). The number of rotatable bonds is 2. The molecule has 2 heterocycles. The van der Waals surface area contributed by atoms with E-state index in [0.717, 1.165) is 32.2 Å². The van der Waals surface area contributed by atoms with Gasteiger partial charge in [0.15, 0.2) is 5.82 Å². The highest BCUT2D eigenvalue weighted by Crippen LogP contribution is 2.32. The quantitative estimate of drug-likeness (QED) is 0.736. The van der Waals surface area contributed by atoms with Crippen LogP contribution in [0.3, 0.4) is 0 Å². The predicted molar refractivity (Wildman–Crippen MR) is 75.6 cm³/mol. The number of nitrogens with two attached hydrogens (primary N) is 1. The Morgan fingerprint density at radius 1 is 1.39 bits per heavy atom. The number of fused-ring (bicyclic) bond motifs is 1. The normalized spacial score (nSPS) is 11.2. The molecule has 2 aromatic heterocycles. The third-order valence-electron chi connectivity index (χ3n) is 2.62. The van der Waals surface area contributed by atoms with Crippen molar-refractivity contribution in [3.63, 3.8) is 0 Å². The molecule has 7 heteroatoms. The van der Waals surface area contributed by atoms with Crippen LogP contribution in [0.25, 0.3) is 15.5 Å². The Morgan fingerprint density at radius 2 is 2.22 bits per heavy atom. The maximum absolute atomic E-state index is 5.98. The molecule has 92 valence electrons. The summed E-state index contributed by atoms with van der Waals surface area (Å²) in [5.74, 6) is 0.862. The second kappa shape index (κ2) is 4.33. The first-order chi connectivity index (χ1) is 8.69. The smallest absolute Gasteiger partial charge is 0.234 e. The maximum Gasteiger partial charge on any atom is 0.234 e. The van der Waals surface area contributed by atoms with Crippen molar-refractivity contribution in [2.75, 3.05) is 5.73 Å². The number of aryl methyl sites for hydroxylation is 1. The minimum atomic E-state index is 0.709. The average Bonchev–Trinajstić information content (AvgIpc) is 2.91. The van der Waals surface area contributed by atoms with Crippen LogP contribution >= 0.6 is 27.3 Å². The summed E-state index contributed by atoms with van der Waals surface area (Å²) in [6.45, 7) is 2.03. The van der Waals surface area contributed by atoms with Gasteiger partial charge in [-0.2, -0.15) is 9.61 Å². The van der Waals surface area contributed by atoms with Gasteiger partial charge in [-0.1, -0.05) is 34.2 Å². The summed E-state index contributed by atoms with van der Waals surface area (Å²) in [4.78, 5) is 0.793. The number of nitrogen functional groups attached to an aromatic ring is 1. The van der Waals surface area contributed by atoms with Crippen LogP contribution in [0.2, 0.25) is 0 Å². The van der Waals surface area contributed by atoms with Gasteiger partial charge in [0.25, 0.3) is 0 Å². The predicted octanol–water partition coefficient (Wildman–Crippen LogP) is 2.76. The van der Waals surface area contributed by atoms with Gasteiger partial charge in [-0.05, 0) is 18.2 Å². The summed E-state index contributed by atoms with van der Waals surface area (Å²) in [5, 5.41) is 13.6. The summed E-state index contributed by atoms with van der Waals surface area (Å²) in [5.41, 5.74) is 7.61. The van der Waals surface area contributed by atoms with Crippen molar-refractivity contribution in [2.24, 2.45) is 0 Å². The molecule has 0 saturated heterocycles. The molecule has 0 radical (unpaired) electrons. The maximum atomic E-state index is 5.98. The molecule has 0 spiro atoms. The van der Waals surface area contributed by atoms with E-state index in [1.54, 1.807) is 4.52 Å². The molecule has 0 fully saturated rings. The van der Waals surface area contributed by atoms with Gasteiger partial charge >= 0.3 is 0 Å². The zero-order valence-electron chi connectivity index (χ0n) is 9.59. The van der Waals surface area contributed by atoms with Crippen molar-refractivity contribution in [3.05, 3.63) is 28.5 Å². The van der Waals surface area contributed by atoms with Crippen molar-refractivity contribution in [3.8, 4) is 10.6 Å². The lowest BCUT2D eigenvalue weighted by Crippen LogP contribution is -1.94. The molecular formula is C11H10BrN5S. The van der Waals surface area contributed by atoms with Gasteiger partial charge in [-0.3, -0.25) is 0 Å². The lowest BCUT2D eigenvalue weighted by atomic mass is 10.2. The summed E-state index contributed by atoms with van der Waals surface area (Å²) >= 11 is 4.93. The Labute approximate surface area is 116 Å². The number of halogens is 1. The van der Waals surface area contributed by atoms with E-state index in [9.17, 15) is 0 Å².